The number of benzene rings is 2. The zero-order chi connectivity index (χ0) is 17.1. The lowest BCUT2D eigenvalue weighted by Gasteiger charge is -2.16. The Morgan fingerprint density at radius 3 is 2.79 bits per heavy atom. The number of methoxy groups -OCH3 is 1. The van der Waals surface area contributed by atoms with Gasteiger partial charge in [0.1, 0.15) is 5.75 Å². The molecule has 3 rings (SSSR count). The van der Waals surface area contributed by atoms with E-state index >= 15 is 0 Å². The minimum Gasteiger partial charge on any atom is -0.496 e. The van der Waals surface area contributed by atoms with Crippen LogP contribution in [0, 0.1) is 10.1 Å². The molecule has 7 nitrogen and oxygen atoms in total. The zero-order valence-corrected chi connectivity index (χ0v) is 13.2. The van der Waals surface area contributed by atoms with E-state index in [-0.39, 0.29) is 11.7 Å². The van der Waals surface area contributed by atoms with E-state index < -0.39 is 4.92 Å². The number of ether oxygens (including phenoxy) is 1. The van der Waals surface area contributed by atoms with Crippen LogP contribution >= 0.6 is 0 Å². The molecule has 124 valence electrons. The topological polar surface area (TPSA) is 84.7 Å². The number of hydrogen-bond acceptors (Lipinski definition) is 4. The SMILES string of the molecule is COc1ccc(CN2CCNC2=O)cc1-c1cccc([N+](=O)[O-])c1. The number of hydrogen-bond donors (Lipinski definition) is 1. The number of non-ortho nitro benzene ring substituents is 1. The number of urea groups is 1. The molecule has 0 radical (unpaired) electrons. The van der Waals surface area contributed by atoms with Gasteiger partial charge in [-0.05, 0) is 23.3 Å². The zero-order valence-electron chi connectivity index (χ0n) is 13.2. The number of nitro groups is 1. The van der Waals surface area contributed by atoms with E-state index in [1.807, 2.05) is 18.2 Å². The van der Waals surface area contributed by atoms with E-state index in [0.29, 0.717) is 30.9 Å². The minimum atomic E-state index is -0.422. The van der Waals surface area contributed by atoms with Gasteiger partial charge in [0, 0.05) is 37.3 Å². The van der Waals surface area contributed by atoms with Crippen LogP contribution in [0.4, 0.5) is 10.5 Å². The monoisotopic (exact) mass is 327 g/mol. The second kappa shape index (κ2) is 6.57. The summed E-state index contributed by atoms with van der Waals surface area (Å²) in [4.78, 5) is 24.0. The Labute approximate surface area is 139 Å². The largest absolute Gasteiger partial charge is 0.496 e. The molecule has 0 aromatic heterocycles. The van der Waals surface area contributed by atoms with Gasteiger partial charge in [0.15, 0.2) is 0 Å². The van der Waals surface area contributed by atoms with Crippen LogP contribution in [0.1, 0.15) is 5.56 Å². The number of nitrogens with zero attached hydrogens (tertiary/aromatic N) is 2. The molecule has 0 spiro atoms. The van der Waals surface area contributed by atoms with Gasteiger partial charge in [-0.1, -0.05) is 18.2 Å². The summed E-state index contributed by atoms with van der Waals surface area (Å²) in [5, 5.41) is 13.8. The van der Waals surface area contributed by atoms with E-state index in [9.17, 15) is 14.9 Å². The first-order valence-electron chi connectivity index (χ1n) is 7.53. The molecule has 7 heteroatoms. The molecular weight excluding hydrogens is 310 g/mol. The van der Waals surface area contributed by atoms with Crippen molar-refractivity contribution >= 4 is 11.7 Å². The average molecular weight is 327 g/mol. The number of nitro benzene ring substituents is 1. The van der Waals surface area contributed by atoms with Crippen molar-refractivity contribution in [2.24, 2.45) is 0 Å². The Morgan fingerprint density at radius 1 is 1.29 bits per heavy atom. The van der Waals surface area contributed by atoms with Gasteiger partial charge < -0.3 is 15.0 Å². The Hall–Kier alpha value is -3.09. The van der Waals surface area contributed by atoms with E-state index in [0.717, 1.165) is 11.1 Å². The summed E-state index contributed by atoms with van der Waals surface area (Å²) >= 11 is 0. The van der Waals surface area contributed by atoms with Gasteiger partial charge in [-0.15, -0.1) is 0 Å². The average Bonchev–Trinajstić information content (AvgIpc) is 3.00. The molecular formula is C17H17N3O4. The van der Waals surface area contributed by atoms with Crippen molar-refractivity contribution in [1.29, 1.82) is 0 Å². The van der Waals surface area contributed by atoms with Gasteiger partial charge in [-0.2, -0.15) is 0 Å². The highest BCUT2D eigenvalue weighted by molar-refractivity contribution is 5.76. The lowest BCUT2D eigenvalue weighted by atomic mass is 10.0. The van der Waals surface area contributed by atoms with Crippen LogP contribution in [0.15, 0.2) is 42.5 Å². The predicted molar refractivity (Wildman–Crippen MR) is 88.9 cm³/mol. The van der Waals surface area contributed by atoms with E-state index in [4.69, 9.17) is 4.74 Å². The second-order valence-corrected chi connectivity index (χ2v) is 5.50. The second-order valence-electron chi connectivity index (χ2n) is 5.50. The van der Waals surface area contributed by atoms with Crippen LogP contribution in [0.2, 0.25) is 0 Å². The van der Waals surface area contributed by atoms with Gasteiger partial charge >= 0.3 is 6.03 Å². The van der Waals surface area contributed by atoms with Crippen LogP contribution in [0.3, 0.4) is 0 Å². The number of nitrogens with one attached hydrogen (secondary N) is 1. The van der Waals surface area contributed by atoms with Crippen LogP contribution in [0.25, 0.3) is 11.1 Å². The third kappa shape index (κ3) is 3.15. The summed E-state index contributed by atoms with van der Waals surface area (Å²) in [5.74, 6) is 0.630. The van der Waals surface area contributed by atoms with E-state index in [1.54, 1.807) is 24.1 Å². The molecule has 1 aliphatic rings. The first-order chi connectivity index (χ1) is 11.6. The summed E-state index contributed by atoms with van der Waals surface area (Å²) in [6.07, 6.45) is 0. The highest BCUT2D eigenvalue weighted by Crippen LogP contribution is 2.33. The standard InChI is InChI=1S/C17H17N3O4/c1-24-16-6-5-12(11-19-8-7-18-17(19)21)9-15(16)13-3-2-4-14(10-13)20(22)23/h2-6,9-10H,7-8,11H2,1H3,(H,18,21). The Kier molecular flexibility index (Phi) is 4.33. The summed E-state index contributed by atoms with van der Waals surface area (Å²) in [7, 11) is 1.56. The maximum absolute atomic E-state index is 11.7. The fourth-order valence-electron chi connectivity index (χ4n) is 2.75. The van der Waals surface area contributed by atoms with Gasteiger partial charge in [-0.25, -0.2) is 4.79 Å². The van der Waals surface area contributed by atoms with Crippen molar-refractivity contribution in [2.75, 3.05) is 20.2 Å². The highest BCUT2D eigenvalue weighted by atomic mass is 16.6. The normalized spacial score (nSPS) is 13.7. The first-order valence-corrected chi connectivity index (χ1v) is 7.53. The molecule has 1 heterocycles. The fraction of sp³-hybridized carbons (Fsp3) is 0.235. The maximum atomic E-state index is 11.7. The van der Waals surface area contributed by atoms with Crippen LogP contribution < -0.4 is 10.1 Å². The number of amides is 2. The van der Waals surface area contributed by atoms with Gasteiger partial charge in [0.2, 0.25) is 0 Å². The van der Waals surface area contributed by atoms with Crippen LogP contribution in [-0.4, -0.2) is 36.1 Å². The molecule has 24 heavy (non-hydrogen) atoms. The Morgan fingerprint density at radius 2 is 2.12 bits per heavy atom. The molecule has 2 aromatic carbocycles. The third-order valence-corrected chi connectivity index (χ3v) is 3.95. The Bertz CT molecular complexity index is 791. The van der Waals surface area contributed by atoms with Crippen molar-refractivity contribution < 1.29 is 14.5 Å². The molecule has 1 saturated heterocycles. The minimum absolute atomic E-state index is 0.0267. The smallest absolute Gasteiger partial charge is 0.317 e. The summed E-state index contributed by atoms with van der Waals surface area (Å²) in [5.41, 5.74) is 2.43. The molecule has 1 aliphatic heterocycles. The summed E-state index contributed by atoms with van der Waals surface area (Å²) < 4.78 is 5.38. The Balaban J connectivity index is 1.96. The lowest BCUT2D eigenvalue weighted by molar-refractivity contribution is -0.384. The molecule has 0 atom stereocenters. The van der Waals surface area contributed by atoms with Crippen molar-refractivity contribution in [1.82, 2.24) is 10.2 Å². The molecule has 0 unspecified atom stereocenters. The molecule has 0 bridgehead atoms. The first kappa shape index (κ1) is 15.8. The summed E-state index contributed by atoms with van der Waals surface area (Å²) in [6.45, 7) is 1.79. The molecule has 0 saturated carbocycles. The van der Waals surface area contributed by atoms with Crippen LogP contribution in [-0.2, 0) is 6.54 Å². The van der Waals surface area contributed by atoms with Crippen LogP contribution in [0.5, 0.6) is 5.75 Å². The van der Waals surface area contributed by atoms with Gasteiger partial charge in [0.25, 0.3) is 5.69 Å². The quantitative estimate of drug-likeness (QED) is 0.676. The number of rotatable bonds is 5. The molecule has 1 fully saturated rings. The maximum Gasteiger partial charge on any atom is 0.317 e. The molecule has 1 N–H and O–H groups in total. The van der Waals surface area contributed by atoms with Crippen molar-refractivity contribution in [3.05, 3.63) is 58.1 Å². The van der Waals surface area contributed by atoms with E-state index in [1.165, 1.54) is 12.1 Å². The van der Waals surface area contributed by atoms with Crippen molar-refractivity contribution in [3.63, 3.8) is 0 Å². The fourth-order valence-corrected chi connectivity index (χ4v) is 2.75. The number of carbonyl (C=O) groups excluding carboxylic acids is 1. The van der Waals surface area contributed by atoms with E-state index in [2.05, 4.69) is 5.32 Å². The predicted octanol–water partition coefficient (Wildman–Crippen LogP) is 2.80. The molecule has 2 amide bonds. The molecule has 2 aromatic rings. The number of carbonyl (C=O) groups is 1. The van der Waals surface area contributed by atoms with Crippen molar-refractivity contribution in [2.45, 2.75) is 6.54 Å². The van der Waals surface area contributed by atoms with Gasteiger partial charge in [-0.3, -0.25) is 10.1 Å². The highest BCUT2D eigenvalue weighted by Gasteiger charge is 2.20. The van der Waals surface area contributed by atoms with Crippen molar-refractivity contribution in [3.8, 4) is 16.9 Å². The summed E-state index contributed by atoms with van der Waals surface area (Å²) in [6, 6.07) is 12.0. The lowest BCUT2D eigenvalue weighted by Crippen LogP contribution is -2.27. The van der Waals surface area contributed by atoms with Gasteiger partial charge in [0.05, 0.1) is 12.0 Å². The molecule has 0 aliphatic carbocycles. The third-order valence-electron chi connectivity index (χ3n) is 3.95.